The standard InChI is InChI=1S/C25H20O2/c26-25(22-13-15-4-5-19(22)12-15)27-14-20-9-8-18-7-6-16-2-1-3-17-10-11-21(20)24(18)23(16)17/h1-11,15,19,22H,12-14H2. The number of allylic oxidation sites excluding steroid dienone is 2. The summed E-state index contributed by atoms with van der Waals surface area (Å²) in [5.74, 6) is 1.00. The smallest absolute Gasteiger partial charge is 0.309 e. The van der Waals surface area contributed by atoms with Crippen LogP contribution in [0, 0.1) is 17.8 Å². The van der Waals surface area contributed by atoms with Gasteiger partial charge in [0.05, 0.1) is 5.92 Å². The van der Waals surface area contributed by atoms with Crippen LogP contribution >= 0.6 is 0 Å². The highest BCUT2D eigenvalue weighted by molar-refractivity contribution is 6.23. The highest BCUT2D eigenvalue weighted by Crippen LogP contribution is 2.44. The van der Waals surface area contributed by atoms with Crippen LogP contribution in [0.1, 0.15) is 18.4 Å². The second-order valence-corrected chi connectivity index (χ2v) is 8.08. The summed E-state index contributed by atoms with van der Waals surface area (Å²) in [5.41, 5.74) is 1.09. The van der Waals surface area contributed by atoms with E-state index in [1.165, 1.54) is 32.3 Å². The Kier molecular flexibility index (Phi) is 3.13. The molecule has 1 saturated carbocycles. The second-order valence-electron chi connectivity index (χ2n) is 8.08. The predicted molar refractivity (Wildman–Crippen MR) is 109 cm³/mol. The van der Waals surface area contributed by atoms with Crippen molar-refractivity contribution in [3.05, 3.63) is 72.3 Å². The molecule has 2 heteroatoms. The van der Waals surface area contributed by atoms with E-state index in [0.29, 0.717) is 18.4 Å². The van der Waals surface area contributed by atoms with Gasteiger partial charge in [-0.25, -0.2) is 0 Å². The van der Waals surface area contributed by atoms with Crippen LogP contribution in [0.4, 0.5) is 0 Å². The molecule has 4 aromatic carbocycles. The van der Waals surface area contributed by atoms with Crippen molar-refractivity contribution in [3.8, 4) is 0 Å². The molecular formula is C25H20O2. The van der Waals surface area contributed by atoms with Crippen LogP contribution in [0.5, 0.6) is 0 Å². The molecule has 0 spiro atoms. The largest absolute Gasteiger partial charge is 0.461 e. The maximum Gasteiger partial charge on any atom is 0.309 e. The maximum atomic E-state index is 12.6. The first-order valence-corrected chi connectivity index (χ1v) is 9.78. The summed E-state index contributed by atoms with van der Waals surface area (Å²) < 4.78 is 5.78. The van der Waals surface area contributed by atoms with E-state index < -0.39 is 0 Å². The fourth-order valence-corrected chi connectivity index (χ4v) is 5.23. The van der Waals surface area contributed by atoms with Gasteiger partial charge in [-0.2, -0.15) is 0 Å². The van der Waals surface area contributed by atoms with Crippen molar-refractivity contribution in [1.82, 2.24) is 0 Å². The van der Waals surface area contributed by atoms with E-state index in [4.69, 9.17) is 4.74 Å². The van der Waals surface area contributed by atoms with E-state index in [2.05, 4.69) is 66.7 Å². The molecule has 2 bridgehead atoms. The topological polar surface area (TPSA) is 26.3 Å². The highest BCUT2D eigenvalue weighted by Gasteiger charge is 2.40. The van der Waals surface area contributed by atoms with Gasteiger partial charge >= 0.3 is 5.97 Å². The third-order valence-electron chi connectivity index (χ3n) is 6.57. The molecule has 4 aromatic rings. The van der Waals surface area contributed by atoms with Gasteiger partial charge in [0.25, 0.3) is 0 Å². The summed E-state index contributed by atoms with van der Waals surface area (Å²) in [6, 6.07) is 19.4. The fourth-order valence-electron chi connectivity index (χ4n) is 5.23. The van der Waals surface area contributed by atoms with E-state index in [1.54, 1.807) is 0 Å². The minimum atomic E-state index is -0.0301. The first kappa shape index (κ1) is 15.2. The molecule has 1 fully saturated rings. The molecule has 0 saturated heterocycles. The van der Waals surface area contributed by atoms with Crippen molar-refractivity contribution >= 4 is 38.3 Å². The number of hydrogen-bond donors (Lipinski definition) is 0. The molecule has 27 heavy (non-hydrogen) atoms. The Bertz CT molecular complexity index is 1200. The van der Waals surface area contributed by atoms with E-state index in [0.717, 1.165) is 18.4 Å². The minimum Gasteiger partial charge on any atom is -0.461 e. The summed E-state index contributed by atoms with van der Waals surface area (Å²) >= 11 is 0. The number of ether oxygens (including phenoxy) is 1. The number of esters is 1. The zero-order valence-electron chi connectivity index (χ0n) is 15.0. The molecule has 0 aliphatic heterocycles. The zero-order chi connectivity index (χ0) is 18.0. The zero-order valence-corrected chi connectivity index (χ0v) is 15.0. The molecule has 0 N–H and O–H groups in total. The van der Waals surface area contributed by atoms with Gasteiger partial charge in [0, 0.05) is 0 Å². The lowest BCUT2D eigenvalue weighted by atomic mass is 9.92. The Morgan fingerprint density at radius 1 is 0.852 bits per heavy atom. The third kappa shape index (κ3) is 2.22. The summed E-state index contributed by atoms with van der Waals surface area (Å²) in [5, 5.41) is 7.53. The normalized spacial score (nSPS) is 23.8. The second kappa shape index (κ2) is 5.56. The van der Waals surface area contributed by atoms with Crippen LogP contribution < -0.4 is 0 Å². The van der Waals surface area contributed by atoms with Crippen LogP contribution in [-0.4, -0.2) is 5.97 Å². The summed E-state index contributed by atoms with van der Waals surface area (Å²) in [4.78, 5) is 12.6. The van der Waals surface area contributed by atoms with Gasteiger partial charge < -0.3 is 4.74 Å². The molecule has 0 amide bonds. The molecule has 3 atom stereocenters. The lowest BCUT2D eigenvalue weighted by molar-refractivity contribution is -0.150. The van der Waals surface area contributed by atoms with Crippen LogP contribution in [0.2, 0.25) is 0 Å². The van der Waals surface area contributed by atoms with E-state index in [-0.39, 0.29) is 11.9 Å². The molecule has 2 aliphatic carbocycles. The lowest BCUT2D eigenvalue weighted by Gasteiger charge is -2.18. The van der Waals surface area contributed by atoms with Crippen molar-refractivity contribution in [1.29, 1.82) is 0 Å². The maximum absolute atomic E-state index is 12.6. The van der Waals surface area contributed by atoms with E-state index in [9.17, 15) is 4.79 Å². The molecular weight excluding hydrogens is 332 g/mol. The van der Waals surface area contributed by atoms with Crippen LogP contribution in [0.15, 0.2) is 66.7 Å². The number of carbonyl (C=O) groups is 1. The number of carbonyl (C=O) groups excluding carboxylic acids is 1. The van der Waals surface area contributed by atoms with Crippen LogP contribution in [-0.2, 0) is 16.1 Å². The molecule has 6 rings (SSSR count). The van der Waals surface area contributed by atoms with Gasteiger partial charge in [0.1, 0.15) is 6.61 Å². The Morgan fingerprint density at radius 3 is 2.33 bits per heavy atom. The summed E-state index contributed by atoms with van der Waals surface area (Å²) in [6.07, 6.45) is 6.54. The number of benzene rings is 4. The SMILES string of the molecule is O=C(OCc1ccc2ccc3cccc4ccc1c2c34)C1CC2C=CC1C2. The molecule has 0 heterocycles. The van der Waals surface area contributed by atoms with Crippen molar-refractivity contribution in [2.24, 2.45) is 17.8 Å². The predicted octanol–water partition coefficient (Wildman–Crippen LogP) is 5.84. The average molecular weight is 352 g/mol. The molecule has 0 radical (unpaired) electrons. The molecule has 2 nitrogen and oxygen atoms in total. The Morgan fingerprint density at radius 2 is 1.59 bits per heavy atom. The van der Waals surface area contributed by atoms with E-state index in [1.807, 2.05) is 0 Å². The third-order valence-corrected chi connectivity index (χ3v) is 6.57. The first-order chi connectivity index (χ1) is 13.3. The van der Waals surface area contributed by atoms with Gasteiger partial charge in [0.15, 0.2) is 0 Å². The van der Waals surface area contributed by atoms with E-state index >= 15 is 0 Å². The lowest BCUT2D eigenvalue weighted by Crippen LogP contribution is -2.21. The number of hydrogen-bond acceptors (Lipinski definition) is 2. The van der Waals surface area contributed by atoms with Crippen molar-refractivity contribution < 1.29 is 9.53 Å². The molecule has 0 aromatic heterocycles. The first-order valence-electron chi connectivity index (χ1n) is 9.78. The van der Waals surface area contributed by atoms with Crippen molar-refractivity contribution in [2.45, 2.75) is 19.4 Å². The summed E-state index contributed by atoms with van der Waals surface area (Å²) in [6.45, 7) is 0.352. The summed E-state index contributed by atoms with van der Waals surface area (Å²) in [7, 11) is 0. The Labute approximate surface area is 157 Å². The van der Waals surface area contributed by atoms with Gasteiger partial charge in [-0.15, -0.1) is 0 Å². The highest BCUT2D eigenvalue weighted by atomic mass is 16.5. The van der Waals surface area contributed by atoms with Gasteiger partial charge in [0.2, 0.25) is 0 Å². The van der Waals surface area contributed by atoms with Gasteiger partial charge in [-0.3, -0.25) is 4.79 Å². The van der Waals surface area contributed by atoms with Crippen LogP contribution in [0.25, 0.3) is 32.3 Å². The van der Waals surface area contributed by atoms with Gasteiger partial charge in [-0.05, 0) is 62.6 Å². The minimum absolute atomic E-state index is 0.0301. The Hall–Kier alpha value is -2.87. The number of rotatable bonds is 3. The molecule has 2 aliphatic rings. The van der Waals surface area contributed by atoms with Gasteiger partial charge in [-0.1, -0.05) is 66.7 Å². The quantitative estimate of drug-likeness (QED) is 0.263. The fraction of sp³-hybridized carbons (Fsp3) is 0.240. The van der Waals surface area contributed by atoms with Crippen molar-refractivity contribution in [2.75, 3.05) is 0 Å². The Balaban J connectivity index is 1.37. The average Bonchev–Trinajstić information content (AvgIpc) is 3.34. The molecule has 3 unspecified atom stereocenters. The van der Waals surface area contributed by atoms with Crippen molar-refractivity contribution in [3.63, 3.8) is 0 Å². The van der Waals surface area contributed by atoms with Crippen LogP contribution in [0.3, 0.4) is 0 Å². The molecule has 132 valence electrons. The number of fused-ring (bicyclic) bond motifs is 2. The monoisotopic (exact) mass is 352 g/mol.